The van der Waals surface area contributed by atoms with E-state index in [1.807, 2.05) is 0 Å². The van der Waals surface area contributed by atoms with Crippen LogP contribution in [0.4, 0.5) is 10.5 Å². The van der Waals surface area contributed by atoms with E-state index in [0.29, 0.717) is 16.5 Å². The van der Waals surface area contributed by atoms with Gasteiger partial charge >= 0.3 is 12.1 Å². The van der Waals surface area contributed by atoms with Crippen LogP contribution in [-0.4, -0.2) is 42.8 Å². The van der Waals surface area contributed by atoms with E-state index < -0.39 is 35.7 Å². The van der Waals surface area contributed by atoms with E-state index in [0.717, 1.165) is 0 Å². The third-order valence-corrected chi connectivity index (χ3v) is 3.62. The summed E-state index contributed by atoms with van der Waals surface area (Å²) in [5.41, 5.74) is -0.296. The van der Waals surface area contributed by atoms with Crippen LogP contribution in [0.3, 0.4) is 0 Å². The van der Waals surface area contributed by atoms with Crippen molar-refractivity contribution >= 4 is 35.3 Å². The van der Waals surface area contributed by atoms with Crippen LogP contribution in [0, 0.1) is 0 Å². The second-order valence-corrected chi connectivity index (χ2v) is 7.13. The van der Waals surface area contributed by atoms with Crippen molar-refractivity contribution in [3.8, 4) is 5.75 Å². The molecule has 0 saturated carbocycles. The molecule has 0 aromatic heterocycles. The van der Waals surface area contributed by atoms with Gasteiger partial charge in [-0.15, -0.1) is 0 Å². The molecule has 9 heteroatoms. The number of alkyl carbamates (subject to hydrolysis) is 1. The molecule has 1 aliphatic heterocycles. The number of hydrogen-bond donors (Lipinski definition) is 2. The smallest absolute Gasteiger partial charge is 0.408 e. The third kappa shape index (κ3) is 5.26. The van der Waals surface area contributed by atoms with Crippen molar-refractivity contribution in [3.05, 3.63) is 23.2 Å². The molecule has 2 N–H and O–H groups in total. The molecule has 1 aromatic carbocycles. The second-order valence-electron chi connectivity index (χ2n) is 6.69. The first-order chi connectivity index (χ1) is 12.1. The fraction of sp³-hybridized carbons (Fsp3) is 0.471. The Labute approximate surface area is 156 Å². The molecule has 1 heterocycles. The number of esters is 1. The number of anilines is 1. The van der Waals surface area contributed by atoms with Gasteiger partial charge in [-0.1, -0.05) is 11.6 Å². The number of fused-ring (bicyclic) bond motifs is 1. The van der Waals surface area contributed by atoms with E-state index >= 15 is 0 Å². The molecule has 8 nitrogen and oxygen atoms in total. The Morgan fingerprint density at radius 1 is 1.38 bits per heavy atom. The molecule has 142 valence electrons. The van der Waals surface area contributed by atoms with E-state index in [4.69, 9.17) is 25.8 Å². The minimum atomic E-state index is -1.11. The molecule has 2 amide bonds. The summed E-state index contributed by atoms with van der Waals surface area (Å²) < 4.78 is 15.5. The number of benzene rings is 1. The number of carbonyl (C=O) groups excluding carboxylic acids is 3. The highest BCUT2D eigenvalue weighted by Gasteiger charge is 2.35. The molecule has 0 bridgehead atoms. The van der Waals surface area contributed by atoms with Crippen molar-refractivity contribution in [2.75, 3.05) is 12.4 Å². The van der Waals surface area contributed by atoms with Gasteiger partial charge in [0.25, 0.3) is 5.91 Å². The molecule has 26 heavy (non-hydrogen) atoms. The number of amides is 2. The van der Waals surface area contributed by atoms with Crippen LogP contribution in [0.1, 0.15) is 27.2 Å². The topological polar surface area (TPSA) is 103 Å². The van der Waals surface area contributed by atoms with Crippen molar-refractivity contribution in [3.63, 3.8) is 0 Å². The summed E-state index contributed by atoms with van der Waals surface area (Å²) in [6, 6.07) is 3.67. The Morgan fingerprint density at radius 3 is 2.69 bits per heavy atom. The molecule has 1 aromatic rings. The van der Waals surface area contributed by atoms with Gasteiger partial charge < -0.3 is 24.8 Å². The van der Waals surface area contributed by atoms with Crippen molar-refractivity contribution in [2.45, 2.75) is 44.9 Å². The van der Waals surface area contributed by atoms with Crippen molar-refractivity contribution in [1.29, 1.82) is 0 Å². The molecular formula is C17H21ClN2O6. The summed E-state index contributed by atoms with van der Waals surface area (Å²) in [7, 11) is 1.19. The number of hydrogen-bond acceptors (Lipinski definition) is 6. The molecule has 2 rings (SSSR count). The number of methoxy groups -OCH3 is 1. The minimum absolute atomic E-state index is 0.125. The Bertz CT molecular complexity index is 716. The molecule has 0 unspecified atom stereocenters. The molecule has 0 fully saturated rings. The summed E-state index contributed by atoms with van der Waals surface area (Å²) in [6.45, 7) is 5.08. The second kappa shape index (κ2) is 7.82. The van der Waals surface area contributed by atoms with Crippen molar-refractivity contribution in [2.24, 2.45) is 0 Å². The highest BCUT2D eigenvalue weighted by molar-refractivity contribution is 6.31. The zero-order valence-corrected chi connectivity index (χ0v) is 15.7. The minimum Gasteiger partial charge on any atom is -0.478 e. The number of carbonyl (C=O) groups is 3. The van der Waals surface area contributed by atoms with Gasteiger partial charge in [0.1, 0.15) is 17.4 Å². The van der Waals surface area contributed by atoms with Gasteiger partial charge in [-0.25, -0.2) is 9.59 Å². The van der Waals surface area contributed by atoms with E-state index in [9.17, 15) is 14.4 Å². The quantitative estimate of drug-likeness (QED) is 0.773. The lowest BCUT2D eigenvalue weighted by atomic mass is 10.1. The van der Waals surface area contributed by atoms with Gasteiger partial charge in [-0.3, -0.25) is 4.79 Å². The average molecular weight is 385 g/mol. The monoisotopic (exact) mass is 384 g/mol. The molecule has 0 aliphatic carbocycles. The SMILES string of the molecule is COC(=O)[C@H](C[C@@H]1Oc2ccc(Cl)cc2NC1=O)NC(=O)OC(C)(C)C. The van der Waals surface area contributed by atoms with E-state index in [2.05, 4.69) is 10.6 Å². The molecule has 2 atom stereocenters. The Kier molecular flexibility index (Phi) is 5.97. The van der Waals surface area contributed by atoms with Crippen LogP contribution in [0.15, 0.2) is 18.2 Å². The highest BCUT2D eigenvalue weighted by Crippen LogP contribution is 2.33. The largest absolute Gasteiger partial charge is 0.478 e. The molecule has 0 radical (unpaired) electrons. The Balaban J connectivity index is 2.10. The normalized spacial score (nSPS) is 17.3. The summed E-state index contributed by atoms with van der Waals surface area (Å²) in [4.78, 5) is 36.2. The third-order valence-electron chi connectivity index (χ3n) is 3.39. The maximum atomic E-state index is 12.3. The molecular weight excluding hydrogens is 364 g/mol. The zero-order chi connectivity index (χ0) is 19.5. The van der Waals surface area contributed by atoms with Crippen molar-refractivity contribution in [1.82, 2.24) is 5.32 Å². The number of rotatable bonds is 4. The first-order valence-corrected chi connectivity index (χ1v) is 8.31. The van der Waals surface area contributed by atoms with Crippen LogP contribution in [0.25, 0.3) is 0 Å². The number of ether oxygens (including phenoxy) is 3. The van der Waals surface area contributed by atoms with Gasteiger partial charge in [0, 0.05) is 11.4 Å². The highest BCUT2D eigenvalue weighted by atomic mass is 35.5. The predicted octanol–water partition coefficient (Wildman–Crippen LogP) is 2.50. The van der Waals surface area contributed by atoms with Gasteiger partial charge in [-0.2, -0.15) is 0 Å². The van der Waals surface area contributed by atoms with Crippen LogP contribution < -0.4 is 15.4 Å². The zero-order valence-electron chi connectivity index (χ0n) is 14.9. The van der Waals surface area contributed by atoms with Gasteiger partial charge in [0.2, 0.25) is 0 Å². The van der Waals surface area contributed by atoms with Crippen LogP contribution in [-0.2, 0) is 19.1 Å². The number of nitrogens with one attached hydrogen (secondary N) is 2. The van der Waals surface area contributed by atoms with E-state index in [1.165, 1.54) is 7.11 Å². The van der Waals surface area contributed by atoms with Gasteiger partial charge in [-0.05, 0) is 39.0 Å². The number of halogens is 1. The molecule has 0 saturated heterocycles. The Hall–Kier alpha value is -2.48. The van der Waals surface area contributed by atoms with Gasteiger partial charge in [0.15, 0.2) is 6.10 Å². The summed E-state index contributed by atoms with van der Waals surface area (Å²) in [6.07, 6.45) is -1.92. The van der Waals surface area contributed by atoms with Crippen LogP contribution >= 0.6 is 11.6 Å². The van der Waals surface area contributed by atoms with Crippen LogP contribution in [0.5, 0.6) is 5.75 Å². The first kappa shape index (κ1) is 19.8. The lowest BCUT2D eigenvalue weighted by molar-refractivity contribution is -0.144. The molecule has 0 spiro atoms. The van der Waals surface area contributed by atoms with E-state index in [-0.39, 0.29) is 6.42 Å². The summed E-state index contributed by atoms with van der Waals surface area (Å²) in [5.74, 6) is -0.756. The van der Waals surface area contributed by atoms with E-state index in [1.54, 1.807) is 39.0 Å². The van der Waals surface area contributed by atoms with Crippen LogP contribution in [0.2, 0.25) is 5.02 Å². The standard InChI is InChI=1S/C17H21ClN2O6/c1-17(2,3)26-16(23)20-11(15(22)24-4)8-13-14(21)19-10-7-9(18)5-6-12(10)25-13/h5-7,11,13H,8H2,1-4H3,(H,19,21)(H,20,23)/t11-,13-/m0/s1. The fourth-order valence-corrected chi connectivity index (χ4v) is 2.47. The Morgan fingerprint density at radius 2 is 2.08 bits per heavy atom. The summed E-state index contributed by atoms with van der Waals surface area (Å²) >= 11 is 5.89. The first-order valence-electron chi connectivity index (χ1n) is 7.93. The molecule has 1 aliphatic rings. The van der Waals surface area contributed by atoms with Crippen molar-refractivity contribution < 1.29 is 28.6 Å². The fourth-order valence-electron chi connectivity index (χ4n) is 2.30. The summed E-state index contributed by atoms with van der Waals surface area (Å²) in [5, 5.41) is 5.52. The lowest BCUT2D eigenvalue weighted by Crippen LogP contribution is -2.49. The van der Waals surface area contributed by atoms with Gasteiger partial charge in [0.05, 0.1) is 12.8 Å². The average Bonchev–Trinajstić information content (AvgIpc) is 2.52. The lowest BCUT2D eigenvalue weighted by Gasteiger charge is -2.28. The maximum absolute atomic E-state index is 12.3. The predicted molar refractivity (Wildman–Crippen MR) is 94.3 cm³/mol. The maximum Gasteiger partial charge on any atom is 0.408 e.